The molecule has 0 aliphatic carbocycles. The van der Waals surface area contributed by atoms with Gasteiger partial charge in [0.15, 0.2) is 17.9 Å². The molecule has 1 aromatic carbocycles. The van der Waals surface area contributed by atoms with Crippen molar-refractivity contribution in [2.45, 2.75) is 12.5 Å². The van der Waals surface area contributed by atoms with Crippen molar-refractivity contribution < 1.29 is 27.6 Å². The minimum Gasteiger partial charge on any atom is -0.447 e. The van der Waals surface area contributed by atoms with Gasteiger partial charge < -0.3 is 9.26 Å². The molecule has 6 nitrogen and oxygen atoms in total. The van der Waals surface area contributed by atoms with Gasteiger partial charge in [0, 0.05) is 0 Å². The summed E-state index contributed by atoms with van der Waals surface area (Å²) in [5, 5.41) is 3.65. The second-order valence-electron chi connectivity index (χ2n) is 4.72. The predicted molar refractivity (Wildman–Crippen MR) is 71.7 cm³/mol. The molecule has 1 amide bonds. The maximum atomic E-state index is 13.9. The van der Waals surface area contributed by atoms with Crippen LogP contribution in [0.1, 0.15) is 16.8 Å². The van der Waals surface area contributed by atoms with Gasteiger partial charge in [-0.05, 0) is 12.5 Å². The Morgan fingerprint density at radius 1 is 1.45 bits per heavy atom. The van der Waals surface area contributed by atoms with Crippen LogP contribution in [0.4, 0.5) is 19.4 Å². The van der Waals surface area contributed by atoms with Gasteiger partial charge in [-0.25, -0.2) is 9.18 Å². The number of hydrogen-bond acceptors (Lipinski definition) is 5. The quantitative estimate of drug-likeness (QED) is 0.641. The second kappa shape index (κ2) is 5.21. The zero-order valence-corrected chi connectivity index (χ0v) is 11.2. The fraction of sp³-hybridized carbons (Fsp3) is 0.214. The first kappa shape index (κ1) is 14.2. The summed E-state index contributed by atoms with van der Waals surface area (Å²) in [7, 11) is 0. The summed E-state index contributed by atoms with van der Waals surface area (Å²) in [6.45, 7) is 3.70. The normalized spacial score (nSPS) is 17.8. The summed E-state index contributed by atoms with van der Waals surface area (Å²) in [6, 6.07) is 0.703. The minimum atomic E-state index is -1.33. The summed E-state index contributed by atoms with van der Waals surface area (Å²) in [6.07, 6.45) is 1.51. The highest BCUT2D eigenvalue weighted by Gasteiger charge is 2.37. The average molecular weight is 308 g/mol. The first-order valence-corrected chi connectivity index (χ1v) is 6.38. The van der Waals surface area contributed by atoms with Crippen LogP contribution in [0.15, 0.2) is 23.2 Å². The summed E-state index contributed by atoms with van der Waals surface area (Å²) >= 11 is 0. The van der Waals surface area contributed by atoms with Gasteiger partial charge in [0.1, 0.15) is 6.61 Å². The van der Waals surface area contributed by atoms with Gasteiger partial charge in [0.05, 0.1) is 17.0 Å². The lowest BCUT2D eigenvalue weighted by Crippen LogP contribution is -2.33. The van der Waals surface area contributed by atoms with Crippen LogP contribution in [-0.4, -0.2) is 30.2 Å². The Hall–Kier alpha value is -2.77. The van der Waals surface area contributed by atoms with Gasteiger partial charge in [0.2, 0.25) is 11.4 Å². The van der Waals surface area contributed by atoms with E-state index in [2.05, 4.69) is 11.7 Å². The monoisotopic (exact) mass is 308 g/mol. The molecule has 2 heterocycles. The van der Waals surface area contributed by atoms with Crippen LogP contribution in [0, 0.1) is 11.6 Å². The van der Waals surface area contributed by atoms with Crippen LogP contribution in [0.2, 0.25) is 0 Å². The third-order valence-corrected chi connectivity index (χ3v) is 3.41. The highest BCUT2D eigenvalue weighted by atomic mass is 19.2. The van der Waals surface area contributed by atoms with E-state index in [4.69, 9.17) is 9.26 Å². The van der Waals surface area contributed by atoms with E-state index in [0.717, 1.165) is 6.07 Å². The fourth-order valence-corrected chi connectivity index (χ4v) is 2.37. The molecule has 0 saturated carbocycles. The van der Waals surface area contributed by atoms with Crippen molar-refractivity contribution in [1.29, 1.82) is 0 Å². The summed E-state index contributed by atoms with van der Waals surface area (Å²) < 4.78 is 37.2. The van der Waals surface area contributed by atoms with Crippen molar-refractivity contribution in [1.82, 2.24) is 5.16 Å². The first-order valence-electron chi connectivity index (χ1n) is 6.38. The number of amides is 1. The van der Waals surface area contributed by atoms with Crippen molar-refractivity contribution >= 4 is 29.2 Å². The van der Waals surface area contributed by atoms with E-state index >= 15 is 0 Å². The second-order valence-corrected chi connectivity index (χ2v) is 4.72. The van der Waals surface area contributed by atoms with Crippen molar-refractivity contribution in [2.24, 2.45) is 0 Å². The fourth-order valence-electron chi connectivity index (χ4n) is 2.37. The van der Waals surface area contributed by atoms with Crippen molar-refractivity contribution in [2.75, 3.05) is 11.5 Å². The summed E-state index contributed by atoms with van der Waals surface area (Å²) in [5.74, 6) is -2.67. The number of carbonyl (C=O) groups excluding carboxylic acids is 2. The SMILES string of the molecule is C=CCC1COC(=O)N1c1noc2c(F)c(F)c(C=O)cc12. The van der Waals surface area contributed by atoms with Crippen LogP contribution in [0.25, 0.3) is 11.0 Å². The number of carbonyl (C=O) groups is 2. The number of nitrogens with zero attached hydrogens (tertiary/aromatic N) is 2. The van der Waals surface area contributed by atoms with Gasteiger partial charge in [-0.15, -0.1) is 6.58 Å². The molecule has 1 aromatic heterocycles. The molecule has 0 N–H and O–H groups in total. The number of ether oxygens (including phenoxy) is 1. The van der Waals surface area contributed by atoms with Crippen LogP contribution < -0.4 is 4.90 Å². The molecule has 1 aliphatic rings. The number of cyclic esters (lactones) is 1. The molecule has 22 heavy (non-hydrogen) atoms. The molecule has 1 saturated heterocycles. The van der Waals surface area contributed by atoms with E-state index in [1.54, 1.807) is 6.08 Å². The number of aromatic nitrogens is 1. The molecule has 1 atom stereocenters. The van der Waals surface area contributed by atoms with Crippen LogP contribution in [-0.2, 0) is 4.74 Å². The van der Waals surface area contributed by atoms with Gasteiger partial charge >= 0.3 is 6.09 Å². The highest BCUT2D eigenvalue weighted by Crippen LogP contribution is 2.34. The van der Waals surface area contributed by atoms with E-state index in [1.807, 2.05) is 0 Å². The van der Waals surface area contributed by atoms with Gasteiger partial charge in [-0.2, -0.15) is 4.39 Å². The lowest BCUT2D eigenvalue weighted by molar-refractivity contribution is 0.111. The molecule has 1 aliphatic heterocycles. The number of rotatable bonds is 4. The number of aldehydes is 1. The Balaban J connectivity index is 2.19. The smallest absolute Gasteiger partial charge is 0.416 e. The summed E-state index contributed by atoms with van der Waals surface area (Å²) in [4.78, 5) is 23.9. The van der Waals surface area contributed by atoms with Gasteiger partial charge in [-0.3, -0.25) is 9.69 Å². The molecule has 114 valence electrons. The van der Waals surface area contributed by atoms with Crippen LogP contribution >= 0.6 is 0 Å². The summed E-state index contributed by atoms with van der Waals surface area (Å²) in [5.41, 5.74) is -0.947. The average Bonchev–Trinajstić information content (AvgIpc) is 3.07. The molecule has 3 rings (SSSR count). The third-order valence-electron chi connectivity index (χ3n) is 3.41. The number of fused-ring (bicyclic) bond motifs is 1. The molecule has 0 spiro atoms. The van der Waals surface area contributed by atoms with E-state index in [0.29, 0.717) is 6.42 Å². The molecule has 1 unspecified atom stereocenters. The minimum absolute atomic E-state index is 0.0219. The topological polar surface area (TPSA) is 72.6 Å². The molecule has 8 heteroatoms. The van der Waals surface area contributed by atoms with Crippen molar-refractivity contribution in [3.05, 3.63) is 35.9 Å². The Morgan fingerprint density at radius 2 is 2.23 bits per heavy atom. The van der Waals surface area contributed by atoms with Crippen molar-refractivity contribution in [3.63, 3.8) is 0 Å². The zero-order chi connectivity index (χ0) is 15.9. The molecule has 0 radical (unpaired) electrons. The van der Waals surface area contributed by atoms with E-state index in [1.165, 1.54) is 4.90 Å². The Morgan fingerprint density at radius 3 is 2.91 bits per heavy atom. The number of hydrogen-bond donors (Lipinski definition) is 0. The number of halogens is 2. The maximum absolute atomic E-state index is 13.9. The lowest BCUT2D eigenvalue weighted by Gasteiger charge is -2.17. The van der Waals surface area contributed by atoms with E-state index < -0.39 is 28.9 Å². The zero-order valence-electron chi connectivity index (χ0n) is 11.2. The molecule has 2 aromatic rings. The Bertz CT molecular complexity index is 787. The largest absolute Gasteiger partial charge is 0.447 e. The Kier molecular flexibility index (Phi) is 3.36. The Labute approximate surface area is 122 Å². The van der Waals surface area contributed by atoms with Crippen molar-refractivity contribution in [3.8, 4) is 0 Å². The number of benzene rings is 1. The maximum Gasteiger partial charge on any atom is 0.416 e. The van der Waals surface area contributed by atoms with Crippen LogP contribution in [0.3, 0.4) is 0 Å². The highest BCUT2D eigenvalue weighted by molar-refractivity contribution is 6.01. The first-order chi connectivity index (χ1) is 10.6. The van der Waals surface area contributed by atoms with Gasteiger partial charge in [-0.1, -0.05) is 11.2 Å². The predicted octanol–water partition coefficient (Wildman–Crippen LogP) is 2.82. The third kappa shape index (κ3) is 1.95. The molecular formula is C14H10F2N2O4. The van der Waals surface area contributed by atoms with Crippen LogP contribution in [0.5, 0.6) is 0 Å². The number of anilines is 1. The molecule has 1 fully saturated rings. The standard InChI is InChI=1S/C14H10F2N2O4/c1-2-3-8-6-21-14(20)18(8)13-9-4-7(5-19)10(15)11(16)12(9)22-17-13/h2,4-5,8H,1,3,6H2. The molecule has 0 bridgehead atoms. The van der Waals surface area contributed by atoms with Gasteiger partial charge in [0.25, 0.3) is 0 Å². The van der Waals surface area contributed by atoms with E-state index in [-0.39, 0.29) is 30.1 Å². The lowest BCUT2D eigenvalue weighted by atomic mass is 10.1. The van der Waals surface area contributed by atoms with E-state index in [9.17, 15) is 18.4 Å². The molecular weight excluding hydrogens is 298 g/mol.